The summed E-state index contributed by atoms with van der Waals surface area (Å²) in [6, 6.07) is 1.84. The minimum atomic E-state index is -0.559. The fourth-order valence-electron chi connectivity index (χ4n) is 3.58. The summed E-state index contributed by atoms with van der Waals surface area (Å²) in [6.07, 6.45) is 0.865. The molecule has 1 aromatic rings. The number of carbonyl (C=O) groups excluding carboxylic acids is 1. The molecule has 3 aliphatic rings. The number of rotatable bonds is 1. The number of benzene rings is 1. The van der Waals surface area contributed by atoms with Crippen molar-refractivity contribution in [2.45, 2.75) is 58.3 Å². The molecule has 0 aromatic heterocycles. The van der Waals surface area contributed by atoms with E-state index < -0.39 is 18.3 Å². The summed E-state index contributed by atoms with van der Waals surface area (Å²) >= 11 is 6.60. The van der Waals surface area contributed by atoms with Gasteiger partial charge in [-0.25, -0.2) is 0 Å². The first kappa shape index (κ1) is 17.2. The van der Waals surface area contributed by atoms with E-state index in [1.807, 2.05) is 45.6 Å². The maximum Gasteiger partial charge on any atom is 0.495 e. The van der Waals surface area contributed by atoms with Crippen molar-refractivity contribution in [3.05, 3.63) is 22.2 Å². The lowest BCUT2D eigenvalue weighted by atomic mass is 9.75. The van der Waals surface area contributed by atoms with Gasteiger partial charge in [-0.15, -0.1) is 0 Å². The Morgan fingerprint density at radius 1 is 1.24 bits per heavy atom. The quantitative estimate of drug-likeness (QED) is 0.720. The topological polar surface area (TPSA) is 48.0 Å². The second-order valence-corrected chi connectivity index (χ2v) is 8.53. The summed E-state index contributed by atoms with van der Waals surface area (Å²) in [4.78, 5) is 14.7. The van der Waals surface area contributed by atoms with E-state index >= 15 is 0 Å². The van der Waals surface area contributed by atoms with Crippen molar-refractivity contribution in [1.82, 2.24) is 4.90 Å². The Morgan fingerprint density at radius 2 is 1.88 bits per heavy atom. The zero-order valence-corrected chi connectivity index (χ0v) is 16.1. The fraction of sp³-hybridized carbons (Fsp3) is 0.611. The van der Waals surface area contributed by atoms with Crippen molar-refractivity contribution in [1.29, 1.82) is 0 Å². The van der Waals surface area contributed by atoms with Crippen LogP contribution in [-0.4, -0.2) is 48.3 Å². The third-order valence-electron chi connectivity index (χ3n) is 5.96. The van der Waals surface area contributed by atoms with Gasteiger partial charge in [-0.3, -0.25) is 4.79 Å². The molecule has 2 fully saturated rings. The van der Waals surface area contributed by atoms with Crippen LogP contribution in [-0.2, 0) is 9.31 Å². The van der Waals surface area contributed by atoms with Crippen LogP contribution in [0.25, 0.3) is 0 Å². The molecule has 0 spiro atoms. The monoisotopic (exact) mass is 363 g/mol. The number of ether oxygens (including phenoxy) is 1. The van der Waals surface area contributed by atoms with E-state index in [2.05, 4.69) is 0 Å². The molecule has 4 rings (SSSR count). The average Bonchev–Trinajstić information content (AvgIpc) is 3.01. The standard InChI is InChI=1S/C18H23BClNO4/c1-10-13(19-24-17(2,3)18(4,5)25-19)8-12-15(14(10)20)23-11-6-7-21(9-11)16(12)22/h8,11H,6-7,9H2,1-5H3/t11-/m0/s1. The minimum absolute atomic E-state index is 0.0183. The van der Waals surface area contributed by atoms with Gasteiger partial charge in [0.05, 0.1) is 28.3 Å². The highest BCUT2D eigenvalue weighted by Crippen LogP contribution is 2.40. The van der Waals surface area contributed by atoms with Crippen LogP contribution in [0.4, 0.5) is 0 Å². The Kier molecular flexibility index (Phi) is 3.70. The SMILES string of the molecule is Cc1c(B2OC(C)(C)C(C)(C)O2)cc2c(c1Cl)O[C@H]1CCN(C1)C2=O. The van der Waals surface area contributed by atoms with Crippen LogP contribution >= 0.6 is 11.6 Å². The summed E-state index contributed by atoms with van der Waals surface area (Å²) in [5.74, 6) is 0.464. The molecule has 0 radical (unpaired) electrons. The van der Waals surface area contributed by atoms with E-state index in [-0.39, 0.29) is 12.0 Å². The van der Waals surface area contributed by atoms with Crippen LogP contribution in [0.2, 0.25) is 5.02 Å². The number of carbonyl (C=O) groups is 1. The highest BCUT2D eigenvalue weighted by atomic mass is 35.5. The van der Waals surface area contributed by atoms with Crippen LogP contribution in [0.5, 0.6) is 5.75 Å². The highest BCUT2D eigenvalue weighted by molar-refractivity contribution is 6.63. The maximum absolute atomic E-state index is 12.9. The normalized spacial score (nSPS) is 26.5. The molecular formula is C18H23BClNO4. The van der Waals surface area contributed by atoms with Gasteiger partial charge in [-0.05, 0) is 51.7 Å². The molecule has 25 heavy (non-hydrogen) atoms. The van der Waals surface area contributed by atoms with E-state index in [1.165, 1.54) is 0 Å². The molecule has 1 aromatic carbocycles. The lowest BCUT2D eigenvalue weighted by Crippen LogP contribution is -2.41. The molecule has 2 saturated heterocycles. The van der Waals surface area contributed by atoms with E-state index in [1.54, 1.807) is 0 Å². The van der Waals surface area contributed by atoms with Crippen molar-refractivity contribution in [2.24, 2.45) is 0 Å². The zero-order chi connectivity index (χ0) is 18.1. The molecule has 0 N–H and O–H groups in total. The van der Waals surface area contributed by atoms with Gasteiger partial charge in [0, 0.05) is 13.0 Å². The Bertz CT molecular complexity index is 748. The second kappa shape index (κ2) is 5.38. The number of halogens is 1. The van der Waals surface area contributed by atoms with Gasteiger partial charge in [0.1, 0.15) is 6.10 Å². The summed E-state index contributed by atoms with van der Waals surface area (Å²) in [5.41, 5.74) is 1.22. The number of hydrogen-bond donors (Lipinski definition) is 0. The van der Waals surface area contributed by atoms with Crippen LogP contribution < -0.4 is 10.2 Å². The molecule has 1 amide bonds. The third-order valence-corrected chi connectivity index (χ3v) is 6.42. The van der Waals surface area contributed by atoms with Crippen molar-refractivity contribution in [2.75, 3.05) is 13.1 Å². The largest absolute Gasteiger partial charge is 0.495 e. The second-order valence-electron chi connectivity index (χ2n) is 8.15. The van der Waals surface area contributed by atoms with Crippen molar-refractivity contribution in [3.63, 3.8) is 0 Å². The van der Waals surface area contributed by atoms with Crippen molar-refractivity contribution >= 4 is 30.1 Å². The van der Waals surface area contributed by atoms with Crippen LogP contribution in [0.15, 0.2) is 6.07 Å². The summed E-state index contributed by atoms with van der Waals surface area (Å²) in [6.45, 7) is 11.3. The maximum atomic E-state index is 12.9. The summed E-state index contributed by atoms with van der Waals surface area (Å²) in [7, 11) is -0.559. The predicted octanol–water partition coefficient (Wildman–Crippen LogP) is 2.55. The molecule has 0 aliphatic carbocycles. The van der Waals surface area contributed by atoms with E-state index in [4.69, 9.17) is 25.6 Å². The summed E-state index contributed by atoms with van der Waals surface area (Å²) < 4.78 is 18.4. The molecule has 3 aliphatic heterocycles. The number of nitrogens with zero attached hydrogens (tertiary/aromatic N) is 1. The molecule has 2 bridgehead atoms. The average molecular weight is 364 g/mol. The molecule has 134 valence electrons. The van der Waals surface area contributed by atoms with Gasteiger partial charge in [0.2, 0.25) is 0 Å². The molecule has 5 nitrogen and oxygen atoms in total. The Labute approximate surface area is 153 Å². The van der Waals surface area contributed by atoms with Gasteiger partial charge < -0.3 is 18.9 Å². The number of hydrogen-bond acceptors (Lipinski definition) is 4. The predicted molar refractivity (Wildman–Crippen MR) is 96.8 cm³/mol. The lowest BCUT2D eigenvalue weighted by Gasteiger charge is -2.32. The molecular weight excluding hydrogens is 340 g/mol. The van der Waals surface area contributed by atoms with Gasteiger partial charge in [0.25, 0.3) is 5.91 Å². The molecule has 0 saturated carbocycles. The first-order valence-corrected chi connectivity index (χ1v) is 9.13. The first-order valence-electron chi connectivity index (χ1n) is 8.75. The van der Waals surface area contributed by atoms with Crippen molar-refractivity contribution in [3.8, 4) is 5.75 Å². The molecule has 1 atom stereocenters. The van der Waals surface area contributed by atoms with Gasteiger partial charge in [0.15, 0.2) is 5.75 Å². The highest BCUT2D eigenvalue weighted by Gasteiger charge is 2.52. The first-order chi connectivity index (χ1) is 11.6. The van der Waals surface area contributed by atoms with Crippen LogP contribution in [0.3, 0.4) is 0 Å². The third kappa shape index (κ3) is 2.49. The fourth-order valence-corrected chi connectivity index (χ4v) is 3.83. The number of fused-ring (bicyclic) bond motifs is 3. The van der Waals surface area contributed by atoms with Gasteiger partial charge >= 0.3 is 7.12 Å². The molecule has 7 heteroatoms. The number of amides is 1. The zero-order valence-electron chi connectivity index (χ0n) is 15.3. The van der Waals surface area contributed by atoms with Crippen molar-refractivity contribution < 1.29 is 18.8 Å². The smallest absolute Gasteiger partial charge is 0.486 e. The summed E-state index contributed by atoms with van der Waals surface area (Å²) in [5, 5.41) is 0.476. The van der Waals surface area contributed by atoms with Gasteiger partial charge in [-0.2, -0.15) is 0 Å². The van der Waals surface area contributed by atoms with E-state index in [0.29, 0.717) is 22.9 Å². The van der Waals surface area contributed by atoms with E-state index in [0.717, 1.165) is 24.0 Å². The Morgan fingerprint density at radius 3 is 2.52 bits per heavy atom. The molecule has 0 unspecified atom stereocenters. The van der Waals surface area contributed by atoms with E-state index in [9.17, 15) is 4.79 Å². The van der Waals surface area contributed by atoms with Crippen LogP contribution in [0, 0.1) is 6.92 Å². The molecule has 3 heterocycles. The van der Waals surface area contributed by atoms with Gasteiger partial charge in [-0.1, -0.05) is 11.6 Å². The Hall–Kier alpha value is -1.24. The van der Waals surface area contributed by atoms with Crippen LogP contribution in [0.1, 0.15) is 50.0 Å². The lowest BCUT2D eigenvalue weighted by molar-refractivity contribution is 0.00578. The minimum Gasteiger partial charge on any atom is -0.486 e. The Balaban J connectivity index is 1.80.